The van der Waals surface area contributed by atoms with Crippen LogP contribution in [0.5, 0.6) is 11.6 Å². The number of hydrogen-bond donors (Lipinski definition) is 0. The van der Waals surface area contributed by atoms with Gasteiger partial charge in [0.25, 0.3) is 0 Å². The smallest absolute Gasteiger partial charge is 0.224 e. The second kappa shape index (κ2) is 6.85. The van der Waals surface area contributed by atoms with E-state index in [0.717, 1.165) is 5.56 Å². The normalized spacial score (nSPS) is 10.1. The topological polar surface area (TPSA) is 68.0 Å². The van der Waals surface area contributed by atoms with Gasteiger partial charge in [-0.25, -0.2) is 4.98 Å². The zero-order valence-corrected chi connectivity index (χ0v) is 11.6. The highest BCUT2D eigenvalue weighted by Gasteiger charge is 2.05. The average molecular weight is 290 g/mol. The van der Waals surface area contributed by atoms with Crippen LogP contribution in [-0.2, 0) is 17.8 Å². The molecule has 0 aliphatic carbocycles. The van der Waals surface area contributed by atoms with Gasteiger partial charge in [0.15, 0.2) is 5.82 Å². The van der Waals surface area contributed by atoms with E-state index in [1.54, 1.807) is 19.2 Å². The fourth-order valence-electron chi connectivity index (χ4n) is 1.58. The lowest BCUT2D eigenvalue weighted by Crippen LogP contribution is -1.99. The van der Waals surface area contributed by atoms with Crippen molar-refractivity contribution < 1.29 is 9.47 Å². The van der Waals surface area contributed by atoms with Crippen molar-refractivity contribution in [2.24, 2.45) is 0 Å². The van der Waals surface area contributed by atoms with Crippen molar-refractivity contribution in [3.05, 3.63) is 46.9 Å². The zero-order valence-electron chi connectivity index (χ0n) is 10.8. The number of methoxy groups -OCH3 is 1. The van der Waals surface area contributed by atoms with Gasteiger partial charge in [0.05, 0.1) is 12.5 Å². The third-order valence-electron chi connectivity index (χ3n) is 2.42. The Bertz CT molecular complexity index is 623. The van der Waals surface area contributed by atoms with E-state index in [1.807, 2.05) is 12.1 Å². The van der Waals surface area contributed by atoms with Crippen molar-refractivity contribution in [3.8, 4) is 17.7 Å². The van der Waals surface area contributed by atoms with Crippen LogP contribution < -0.4 is 4.74 Å². The van der Waals surface area contributed by atoms with E-state index in [0.29, 0.717) is 29.0 Å². The molecule has 0 saturated heterocycles. The average Bonchev–Trinajstić information content (AvgIpc) is 2.41. The van der Waals surface area contributed by atoms with E-state index in [4.69, 9.17) is 26.3 Å². The first-order valence-electron chi connectivity index (χ1n) is 5.87. The number of aromatic nitrogens is 2. The molecule has 0 unspecified atom stereocenters. The van der Waals surface area contributed by atoms with Gasteiger partial charge in [0.2, 0.25) is 5.88 Å². The summed E-state index contributed by atoms with van der Waals surface area (Å²) in [6, 6.07) is 10.8. The van der Waals surface area contributed by atoms with Crippen molar-refractivity contribution in [1.82, 2.24) is 9.97 Å². The van der Waals surface area contributed by atoms with Gasteiger partial charge in [-0.3, -0.25) is 0 Å². The van der Waals surface area contributed by atoms with Crippen LogP contribution in [-0.4, -0.2) is 17.1 Å². The number of hydrogen-bond acceptors (Lipinski definition) is 5. The van der Waals surface area contributed by atoms with Crippen LogP contribution in [0, 0.1) is 11.3 Å². The van der Waals surface area contributed by atoms with Gasteiger partial charge >= 0.3 is 0 Å². The molecule has 2 rings (SSSR count). The number of nitriles is 1. The van der Waals surface area contributed by atoms with Gasteiger partial charge in [-0.05, 0) is 17.7 Å². The third-order valence-corrected chi connectivity index (χ3v) is 2.61. The molecule has 0 atom stereocenters. The Morgan fingerprint density at radius 3 is 2.65 bits per heavy atom. The summed E-state index contributed by atoms with van der Waals surface area (Å²) >= 11 is 5.90. The molecule has 0 aliphatic rings. The second-order valence-corrected chi connectivity index (χ2v) is 4.35. The molecule has 1 heterocycles. The highest BCUT2D eigenvalue weighted by atomic mass is 35.5. The van der Waals surface area contributed by atoms with E-state index in [-0.39, 0.29) is 6.61 Å². The van der Waals surface area contributed by atoms with Crippen LogP contribution >= 0.6 is 11.6 Å². The summed E-state index contributed by atoms with van der Waals surface area (Å²) in [5.41, 5.74) is 0.931. The Labute approximate surface area is 121 Å². The number of ether oxygens (including phenoxy) is 2. The van der Waals surface area contributed by atoms with Crippen LogP contribution in [0.25, 0.3) is 0 Å². The number of halogens is 1. The van der Waals surface area contributed by atoms with Gasteiger partial charge in [-0.1, -0.05) is 23.7 Å². The number of rotatable bonds is 5. The van der Waals surface area contributed by atoms with Gasteiger partial charge in [0.1, 0.15) is 17.5 Å². The second-order valence-electron chi connectivity index (χ2n) is 3.96. The minimum absolute atomic E-state index is 0.262. The maximum atomic E-state index is 8.61. The molecule has 0 radical (unpaired) electrons. The highest BCUT2D eigenvalue weighted by molar-refractivity contribution is 6.29. The standard InChI is InChI=1S/C14H12ClN3O2/c1-19-9-13-17-12(15)8-14(18-13)20-11-4-2-10(3-5-11)6-7-16/h2-5,8H,6,9H2,1H3. The predicted octanol–water partition coefficient (Wildman–Crippen LogP) is 3.13. The first-order valence-corrected chi connectivity index (χ1v) is 6.25. The summed E-state index contributed by atoms with van der Waals surface area (Å²) in [4.78, 5) is 8.20. The Balaban J connectivity index is 2.14. The summed E-state index contributed by atoms with van der Waals surface area (Å²) in [5.74, 6) is 1.42. The molecule has 5 nitrogen and oxygen atoms in total. The fraction of sp³-hybridized carbons (Fsp3) is 0.214. The SMILES string of the molecule is COCc1nc(Cl)cc(Oc2ccc(CC#N)cc2)n1. The molecule has 1 aromatic carbocycles. The predicted molar refractivity (Wildman–Crippen MR) is 73.6 cm³/mol. The van der Waals surface area contributed by atoms with Gasteiger partial charge in [-0.15, -0.1) is 0 Å². The summed E-state index contributed by atoms with van der Waals surface area (Å²) < 4.78 is 10.6. The third kappa shape index (κ3) is 3.92. The van der Waals surface area contributed by atoms with E-state index in [1.165, 1.54) is 6.07 Å². The van der Waals surface area contributed by atoms with Gasteiger partial charge in [0, 0.05) is 13.2 Å². The van der Waals surface area contributed by atoms with Crippen molar-refractivity contribution in [1.29, 1.82) is 5.26 Å². The first-order chi connectivity index (χ1) is 9.71. The van der Waals surface area contributed by atoms with E-state index in [9.17, 15) is 0 Å². The Morgan fingerprint density at radius 1 is 1.25 bits per heavy atom. The quantitative estimate of drug-likeness (QED) is 0.791. The lowest BCUT2D eigenvalue weighted by molar-refractivity contribution is 0.177. The fourth-order valence-corrected chi connectivity index (χ4v) is 1.77. The summed E-state index contributed by atoms with van der Waals surface area (Å²) in [7, 11) is 1.55. The number of nitrogens with zero attached hydrogens (tertiary/aromatic N) is 3. The van der Waals surface area contributed by atoms with Crippen molar-refractivity contribution in [2.45, 2.75) is 13.0 Å². The molecule has 0 amide bonds. The maximum Gasteiger partial charge on any atom is 0.224 e. The molecule has 6 heteroatoms. The molecule has 1 aromatic heterocycles. The Morgan fingerprint density at radius 2 is 2.00 bits per heavy atom. The monoisotopic (exact) mass is 289 g/mol. The molecule has 102 valence electrons. The van der Waals surface area contributed by atoms with Crippen LogP contribution in [0.4, 0.5) is 0 Å². The molecule has 0 bridgehead atoms. The maximum absolute atomic E-state index is 8.61. The van der Waals surface area contributed by atoms with E-state index >= 15 is 0 Å². The Hall–Kier alpha value is -2.16. The van der Waals surface area contributed by atoms with Gasteiger partial charge in [-0.2, -0.15) is 10.2 Å². The van der Waals surface area contributed by atoms with Crippen LogP contribution in [0.2, 0.25) is 5.15 Å². The molecule has 2 aromatic rings. The van der Waals surface area contributed by atoms with Crippen LogP contribution in [0.1, 0.15) is 11.4 Å². The largest absolute Gasteiger partial charge is 0.439 e. The molecule has 0 N–H and O–H groups in total. The van der Waals surface area contributed by atoms with Gasteiger partial charge < -0.3 is 9.47 Å². The summed E-state index contributed by atoms with van der Waals surface area (Å²) in [6.07, 6.45) is 0.373. The van der Waals surface area contributed by atoms with E-state index in [2.05, 4.69) is 16.0 Å². The number of benzene rings is 1. The summed E-state index contributed by atoms with van der Waals surface area (Å²) in [5, 5.41) is 8.91. The highest BCUT2D eigenvalue weighted by Crippen LogP contribution is 2.22. The minimum Gasteiger partial charge on any atom is -0.439 e. The minimum atomic E-state index is 0.262. The molecule has 0 saturated carbocycles. The first kappa shape index (κ1) is 14.3. The molecule has 0 spiro atoms. The molecule has 0 aliphatic heterocycles. The lowest BCUT2D eigenvalue weighted by atomic mass is 10.2. The van der Waals surface area contributed by atoms with E-state index < -0.39 is 0 Å². The van der Waals surface area contributed by atoms with Crippen molar-refractivity contribution >= 4 is 11.6 Å². The van der Waals surface area contributed by atoms with Crippen LogP contribution in [0.15, 0.2) is 30.3 Å². The molecule has 20 heavy (non-hydrogen) atoms. The zero-order chi connectivity index (χ0) is 14.4. The van der Waals surface area contributed by atoms with Crippen molar-refractivity contribution in [3.63, 3.8) is 0 Å². The molecular formula is C14H12ClN3O2. The lowest BCUT2D eigenvalue weighted by Gasteiger charge is -2.07. The molecule has 0 fully saturated rings. The Kier molecular flexibility index (Phi) is 4.88. The van der Waals surface area contributed by atoms with Crippen LogP contribution in [0.3, 0.4) is 0 Å². The summed E-state index contributed by atoms with van der Waals surface area (Å²) in [6.45, 7) is 0.262. The molecular weight excluding hydrogens is 278 g/mol. The van der Waals surface area contributed by atoms with Crippen molar-refractivity contribution in [2.75, 3.05) is 7.11 Å².